The molecule has 0 N–H and O–H groups in total. The summed E-state index contributed by atoms with van der Waals surface area (Å²) in [6.07, 6.45) is 0. The number of hydrogen-bond donors (Lipinski definition) is 0. The molecule has 8 aromatic rings. The molecule has 1 heteroatoms. The first-order chi connectivity index (χ1) is 23.6. The Morgan fingerprint density at radius 2 is 1.02 bits per heavy atom. The van der Waals surface area contributed by atoms with Crippen molar-refractivity contribution in [2.45, 2.75) is 19.3 Å². The summed E-state index contributed by atoms with van der Waals surface area (Å²) in [5.41, 5.74) is 13.6. The third-order valence-electron chi connectivity index (χ3n) is 10.2. The van der Waals surface area contributed by atoms with Crippen molar-refractivity contribution in [3.63, 3.8) is 0 Å². The molecule has 9 rings (SSSR count). The van der Waals surface area contributed by atoms with Crippen molar-refractivity contribution in [1.82, 2.24) is 0 Å². The lowest BCUT2D eigenvalue weighted by Gasteiger charge is -2.33. The van der Waals surface area contributed by atoms with Crippen LogP contribution in [0.4, 0.5) is 17.1 Å². The molecule has 8 aromatic carbocycles. The van der Waals surface area contributed by atoms with Crippen LogP contribution in [0.1, 0.15) is 25.0 Å². The van der Waals surface area contributed by atoms with E-state index in [1.807, 2.05) is 0 Å². The molecule has 1 aliphatic carbocycles. The number of anilines is 3. The van der Waals surface area contributed by atoms with E-state index >= 15 is 0 Å². The molecule has 0 bridgehead atoms. The first kappa shape index (κ1) is 28.3. The van der Waals surface area contributed by atoms with Crippen LogP contribution in [-0.2, 0) is 5.41 Å². The van der Waals surface area contributed by atoms with Gasteiger partial charge in [-0.2, -0.15) is 0 Å². The summed E-state index contributed by atoms with van der Waals surface area (Å²) in [5.74, 6) is 0. The lowest BCUT2D eigenvalue weighted by Crippen LogP contribution is -2.17. The number of nitrogens with zero attached hydrogens (tertiary/aromatic N) is 1. The highest BCUT2D eigenvalue weighted by Gasteiger charge is 2.40. The van der Waals surface area contributed by atoms with Crippen LogP contribution in [0.2, 0.25) is 0 Å². The second kappa shape index (κ2) is 11.1. The fourth-order valence-corrected chi connectivity index (χ4v) is 8.02. The Bertz CT molecular complexity index is 2470. The standard InChI is InChI=1S/C47H35N/c1-47(2)42-27-14-13-26-41(42)44-43(34-19-7-4-8-20-34)46(40-25-12-11-24-39(40)45(44)47)48(38-29-28-33-18-9-10-21-35(33)31-38)37-23-15-22-36(30-37)32-16-5-3-6-17-32/h3-31H,1-2H3. The summed E-state index contributed by atoms with van der Waals surface area (Å²) in [4.78, 5) is 2.51. The van der Waals surface area contributed by atoms with E-state index in [0.717, 1.165) is 11.4 Å². The van der Waals surface area contributed by atoms with Gasteiger partial charge in [-0.25, -0.2) is 0 Å². The van der Waals surface area contributed by atoms with Crippen LogP contribution in [0, 0.1) is 0 Å². The molecule has 1 aliphatic rings. The summed E-state index contributed by atoms with van der Waals surface area (Å²) >= 11 is 0. The zero-order chi connectivity index (χ0) is 32.2. The first-order valence-electron chi connectivity index (χ1n) is 16.8. The molecule has 0 amide bonds. The summed E-state index contributed by atoms with van der Waals surface area (Å²) < 4.78 is 0. The van der Waals surface area contributed by atoms with Gasteiger partial charge in [0.2, 0.25) is 0 Å². The van der Waals surface area contributed by atoms with E-state index in [4.69, 9.17) is 0 Å². The first-order valence-corrected chi connectivity index (χ1v) is 16.8. The van der Waals surface area contributed by atoms with Gasteiger partial charge in [0.1, 0.15) is 0 Å². The molecule has 0 fully saturated rings. The van der Waals surface area contributed by atoms with Crippen LogP contribution in [0.5, 0.6) is 0 Å². The second-order valence-corrected chi connectivity index (χ2v) is 13.3. The second-order valence-electron chi connectivity index (χ2n) is 13.3. The third-order valence-corrected chi connectivity index (χ3v) is 10.2. The van der Waals surface area contributed by atoms with E-state index in [-0.39, 0.29) is 5.41 Å². The quantitative estimate of drug-likeness (QED) is 0.187. The molecule has 0 heterocycles. The van der Waals surface area contributed by atoms with Crippen molar-refractivity contribution in [1.29, 1.82) is 0 Å². The molecule has 0 unspecified atom stereocenters. The molecule has 0 spiro atoms. The van der Waals surface area contributed by atoms with Gasteiger partial charge < -0.3 is 4.90 Å². The Hall–Kier alpha value is -5.92. The van der Waals surface area contributed by atoms with Crippen molar-refractivity contribution in [2.75, 3.05) is 4.90 Å². The highest BCUT2D eigenvalue weighted by Crippen LogP contribution is 2.59. The molecule has 0 saturated carbocycles. The zero-order valence-electron chi connectivity index (χ0n) is 27.2. The van der Waals surface area contributed by atoms with Gasteiger partial charge in [-0.15, -0.1) is 0 Å². The van der Waals surface area contributed by atoms with Gasteiger partial charge in [0.15, 0.2) is 0 Å². The Labute approximate surface area is 282 Å². The average molecular weight is 614 g/mol. The Morgan fingerprint density at radius 3 is 1.81 bits per heavy atom. The van der Waals surface area contributed by atoms with Gasteiger partial charge in [0, 0.05) is 27.7 Å². The molecule has 0 saturated heterocycles. The van der Waals surface area contributed by atoms with Crippen molar-refractivity contribution >= 4 is 38.6 Å². The van der Waals surface area contributed by atoms with Crippen LogP contribution >= 0.6 is 0 Å². The molecule has 1 nitrogen and oxygen atoms in total. The molecular formula is C47H35N. The normalized spacial score (nSPS) is 13.0. The minimum Gasteiger partial charge on any atom is -0.309 e. The minimum absolute atomic E-state index is 0.158. The third kappa shape index (κ3) is 4.39. The van der Waals surface area contributed by atoms with Crippen molar-refractivity contribution < 1.29 is 0 Å². The van der Waals surface area contributed by atoms with Crippen LogP contribution in [-0.4, -0.2) is 0 Å². The van der Waals surface area contributed by atoms with E-state index < -0.39 is 0 Å². The fourth-order valence-electron chi connectivity index (χ4n) is 8.02. The molecule has 48 heavy (non-hydrogen) atoms. The summed E-state index contributed by atoms with van der Waals surface area (Å²) in [6, 6.07) is 64.4. The number of rotatable bonds is 5. The van der Waals surface area contributed by atoms with E-state index in [1.165, 1.54) is 71.7 Å². The maximum Gasteiger partial charge on any atom is 0.0624 e. The van der Waals surface area contributed by atoms with Gasteiger partial charge in [-0.3, -0.25) is 0 Å². The van der Waals surface area contributed by atoms with Gasteiger partial charge in [0.05, 0.1) is 5.69 Å². The number of hydrogen-bond acceptors (Lipinski definition) is 1. The van der Waals surface area contributed by atoms with Gasteiger partial charge >= 0.3 is 0 Å². The predicted octanol–water partition coefficient (Wildman–Crippen LogP) is 13.1. The summed E-state index contributed by atoms with van der Waals surface area (Å²) in [5, 5.41) is 5.00. The van der Waals surface area contributed by atoms with Crippen molar-refractivity contribution in [3.05, 3.63) is 187 Å². The van der Waals surface area contributed by atoms with Crippen LogP contribution in [0.15, 0.2) is 176 Å². The molecule has 228 valence electrons. The molecule has 0 aromatic heterocycles. The van der Waals surface area contributed by atoms with Crippen LogP contribution < -0.4 is 4.90 Å². The van der Waals surface area contributed by atoms with Gasteiger partial charge in [-0.05, 0) is 79.4 Å². The lowest BCUT2D eigenvalue weighted by molar-refractivity contribution is 0.666. The number of benzene rings is 8. The smallest absolute Gasteiger partial charge is 0.0624 e. The molecular weight excluding hydrogens is 579 g/mol. The van der Waals surface area contributed by atoms with E-state index in [1.54, 1.807) is 0 Å². The van der Waals surface area contributed by atoms with E-state index in [2.05, 4.69) is 195 Å². The fraction of sp³-hybridized carbons (Fsp3) is 0.0638. The molecule has 0 atom stereocenters. The summed E-state index contributed by atoms with van der Waals surface area (Å²) in [7, 11) is 0. The summed E-state index contributed by atoms with van der Waals surface area (Å²) in [6.45, 7) is 4.78. The maximum atomic E-state index is 2.51. The Balaban J connectivity index is 1.46. The maximum absolute atomic E-state index is 2.51. The minimum atomic E-state index is -0.158. The van der Waals surface area contributed by atoms with E-state index in [9.17, 15) is 0 Å². The van der Waals surface area contributed by atoms with Crippen molar-refractivity contribution in [3.8, 4) is 33.4 Å². The topological polar surface area (TPSA) is 3.24 Å². The highest BCUT2D eigenvalue weighted by molar-refractivity contribution is 6.16. The van der Waals surface area contributed by atoms with Crippen LogP contribution in [0.3, 0.4) is 0 Å². The Kier molecular flexibility index (Phi) is 6.55. The van der Waals surface area contributed by atoms with Gasteiger partial charge in [0.25, 0.3) is 0 Å². The van der Waals surface area contributed by atoms with E-state index in [0.29, 0.717) is 0 Å². The lowest BCUT2D eigenvalue weighted by atomic mass is 9.78. The predicted molar refractivity (Wildman–Crippen MR) is 205 cm³/mol. The Morgan fingerprint density at radius 1 is 0.417 bits per heavy atom. The average Bonchev–Trinajstić information content (AvgIpc) is 3.39. The van der Waals surface area contributed by atoms with Crippen LogP contribution in [0.25, 0.3) is 54.9 Å². The number of fused-ring (bicyclic) bond motifs is 6. The van der Waals surface area contributed by atoms with Crippen molar-refractivity contribution in [2.24, 2.45) is 0 Å². The van der Waals surface area contributed by atoms with Gasteiger partial charge in [-0.1, -0.05) is 166 Å². The largest absolute Gasteiger partial charge is 0.309 e. The monoisotopic (exact) mass is 613 g/mol. The SMILES string of the molecule is CC1(C)c2ccccc2-c2c(-c3ccccc3)c(N(c3cccc(-c4ccccc4)c3)c3ccc4ccccc4c3)c3ccccc3c21. The molecule has 0 aliphatic heterocycles. The molecule has 0 radical (unpaired) electrons. The zero-order valence-corrected chi connectivity index (χ0v) is 27.2. The highest BCUT2D eigenvalue weighted by atomic mass is 15.1.